The van der Waals surface area contributed by atoms with Gasteiger partial charge in [0.15, 0.2) is 0 Å². The van der Waals surface area contributed by atoms with Crippen LogP contribution < -0.4 is 14.9 Å². The van der Waals surface area contributed by atoms with Gasteiger partial charge in [-0.3, -0.25) is 24.5 Å². The molecule has 0 aliphatic carbocycles. The van der Waals surface area contributed by atoms with Gasteiger partial charge in [0.2, 0.25) is 0 Å². The molecule has 0 radical (unpaired) electrons. The normalized spacial score (nSPS) is 13.3. The quantitative estimate of drug-likeness (QED) is 0.359. The van der Waals surface area contributed by atoms with E-state index >= 15 is 0 Å². The largest absolute Gasteiger partial charge is 0.447 e. The van der Waals surface area contributed by atoms with Crippen molar-refractivity contribution >= 4 is 39.1 Å². The van der Waals surface area contributed by atoms with Gasteiger partial charge in [-0.25, -0.2) is 13.2 Å². The van der Waals surface area contributed by atoms with Crippen LogP contribution in [0.15, 0.2) is 77.7 Å². The second kappa shape index (κ2) is 9.81. The Bertz CT molecular complexity index is 1410. The summed E-state index contributed by atoms with van der Waals surface area (Å²) in [4.78, 5) is 36.2. The van der Waals surface area contributed by atoms with Gasteiger partial charge in [0, 0.05) is 24.4 Å². The van der Waals surface area contributed by atoms with Crippen molar-refractivity contribution in [1.29, 1.82) is 0 Å². The van der Waals surface area contributed by atoms with Crippen LogP contribution in [0.3, 0.4) is 0 Å². The number of sulfonamides is 1. The zero-order chi connectivity index (χ0) is 25.0. The molecular weight excluding hydrogens is 476 g/mol. The summed E-state index contributed by atoms with van der Waals surface area (Å²) in [5.41, 5.74) is 1.09. The minimum Gasteiger partial charge on any atom is -0.447 e. The minimum absolute atomic E-state index is 0.0186. The fourth-order valence-electron chi connectivity index (χ4n) is 3.48. The summed E-state index contributed by atoms with van der Waals surface area (Å²) in [6.45, 7) is 0.872. The topological polar surface area (TPSA) is 148 Å². The Hall–Kier alpha value is -4.45. The van der Waals surface area contributed by atoms with Crippen LogP contribution in [0.25, 0.3) is 0 Å². The highest BCUT2D eigenvalue weighted by atomic mass is 32.2. The number of anilines is 2. The molecule has 0 unspecified atom stereocenters. The van der Waals surface area contributed by atoms with Gasteiger partial charge in [-0.2, -0.15) is 0 Å². The van der Waals surface area contributed by atoms with Crippen LogP contribution in [0, 0.1) is 10.1 Å². The number of amides is 2. The van der Waals surface area contributed by atoms with E-state index in [4.69, 9.17) is 4.74 Å². The van der Waals surface area contributed by atoms with Gasteiger partial charge in [-0.05, 0) is 35.9 Å². The third-order valence-corrected chi connectivity index (χ3v) is 6.55. The first-order valence-electron chi connectivity index (χ1n) is 10.4. The van der Waals surface area contributed by atoms with Gasteiger partial charge in [0.25, 0.3) is 21.6 Å². The van der Waals surface area contributed by atoms with Crippen LogP contribution in [0.1, 0.15) is 15.9 Å². The van der Waals surface area contributed by atoms with Crippen LogP contribution in [0.5, 0.6) is 0 Å². The van der Waals surface area contributed by atoms with E-state index in [9.17, 15) is 28.1 Å². The second-order valence-electron chi connectivity index (χ2n) is 7.52. The van der Waals surface area contributed by atoms with E-state index in [1.54, 1.807) is 36.4 Å². The number of nitro benzene ring substituents is 1. The third kappa shape index (κ3) is 5.38. The number of nitro groups is 1. The van der Waals surface area contributed by atoms with Crippen molar-refractivity contribution in [2.75, 3.05) is 22.8 Å². The molecule has 180 valence electrons. The van der Waals surface area contributed by atoms with Crippen LogP contribution in [-0.4, -0.2) is 38.5 Å². The van der Waals surface area contributed by atoms with Crippen molar-refractivity contribution in [3.8, 4) is 0 Å². The fraction of sp³-hybridized carbons (Fsp3) is 0.130. The summed E-state index contributed by atoms with van der Waals surface area (Å²) in [6, 6.07) is 17.7. The molecule has 1 aliphatic rings. The number of benzene rings is 3. The first kappa shape index (κ1) is 23.7. The molecule has 0 bridgehead atoms. The second-order valence-corrected chi connectivity index (χ2v) is 9.21. The van der Waals surface area contributed by atoms with E-state index in [0.717, 1.165) is 11.6 Å². The number of rotatable bonds is 8. The molecule has 0 spiro atoms. The lowest BCUT2D eigenvalue weighted by Gasteiger charge is -2.15. The molecule has 4 rings (SSSR count). The number of nitrogens with one attached hydrogen (secondary N) is 2. The number of ether oxygens (including phenoxy) is 1. The standard InChI is InChI=1S/C23H20N4O7S/c28-22(24-15-16-5-3-6-17(13-16)26-11-12-34-23(26)29)20-9-1-2-10-21(20)25-35(32,33)19-8-4-7-18(14-19)27(30)31/h1-10,13-14,25H,11-12,15H2,(H,24,28). The van der Waals surface area contributed by atoms with Crippen molar-refractivity contribution < 1.29 is 27.7 Å². The number of cyclic esters (lactones) is 1. The van der Waals surface area contributed by atoms with Gasteiger partial charge in [0.1, 0.15) is 6.61 Å². The van der Waals surface area contributed by atoms with E-state index in [0.29, 0.717) is 18.8 Å². The highest BCUT2D eigenvalue weighted by Crippen LogP contribution is 2.23. The first-order valence-corrected chi connectivity index (χ1v) is 11.9. The van der Waals surface area contributed by atoms with E-state index in [1.165, 1.54) is 35.2 Å². The minimum atomic E-state index is -4.20. The third-order valence-electron chi connectivity index (χ3n) is 5.19. The summed E-state index contributed by atoms with van der Waals surface area (Å²) >= 11 is 0. The number of nitrogens with zero attached hydrogens (tertiary/aromatic N) is 2. The maximum atomic E-state index is 12.9. The molecule has 1 aliphatic heterocycles. The Morgan fingerprint density at radius 3 is 2.57 bits per heavy atom. The molecule has 1 fully saturated rings. The number of hydrogen-bond donors (Lipinski definition) is 2. The number of carbonyl (C=O) groups is 2. The number of para-hydroxylation sites is 1. The molecule has 2 amide bonds. The maximum Gasteiger partial charge on any atom is 0.414 e. The van der Waals surface area contributed by atoms with Gasteiger partial charge >= 0.3 is 6.09 Å². The maximum absolute atomic E-state index is 12.9. The molecule has 0 saturated carbocycles. The van der Waals surface area contributed by atoms with Crippen molar-refractivity contribution in [2.24, 2.45) is 0 Å². The summed E-state index contributed by atoms with van der Waals surface area (Å²) < 4.78 is 32.9. The molecule has 0 atom stereocenters. The summed E-state index contributed by atoms with van der Waals surface area (Å²) in [7, 11) is -4.20. The predicted octanol–water partition coefficient (Wildman–Crippen LogP) is 3.28. The van der Waals surface area contributed by atoms with Gasteiger partial charge < -0.3 is 10.1 Å². The monoisotopic (exact) mass is 496 g/mol. The smallest absolute Gasteiger partial charge is 0.414 e. The van der Waals surface area contributed by atoms with E-state index < -0.39 is 26.9 Å². The first-order chi connectivity index (χ1) is 16.7. The van der Waals surface area contributed by atoms with Gasteiger partial charge in [-0.15, -0.1) is 0 Å². The molecule has 11 nitrogen and oxygen atoms in total. The molecule has 3 aromatic carbocycles. The number of hydrogen-bond acceptors (Lipinski definition) is 7. The van der Waals surface area contributed by atoms with E-state index in [2.05, 4.69) is 10.0 Å². The summed E-state index contributed by atoms with van der Waals surface area (Å²) in [6.07, 6.45) is -0.434. The van der Waals surface area contributed by atoms with Crippen molar-refractivity contribution in [2.45, 2.75) is 11.4 Å². The van der Waals surface area contributed by atoms with Crippen molar-refractivity contribution in [3.05, 3.63) is 94.0 Å². The molecule has 2 N–H and O–H groups in total. The summed E-state index contributed by atoms with van der Waals surface area (Å²) in [5.74, 6) is -0.534. The van der Waals surface area contributed by atoms with Crippen molar-refractivity contribution in [1.82, 2.24) is 5.32 Å². The van der Waals surface area contributed by atoms with Crippen LogP contribution in [0.2, 0.25) is 0 Å². The number of carbonyl (C=O) groups excluding carboxylic acids is 2. The van der Waals surface area contributed by atoms with Crippen LogP contribution in [0.4, 0.5) is 21.9 Å². The lowest BCUT2D eigenvalue weighted by molar-refractivity contribution is -0.385. The number of non-ortho nitro benzene ring substituents is 1. The average Bonchev–Trinajstić information content (AvgIpc) is 3.29. The van der Waals surface area contributed by atoms with E-state index in [1.807, 2.05) is 0 Å². The molecule has 1 heterocycles. The Morgan fingerprint density at radius 2 is 1.83 bits per heavy atom. The highest BCUT2D eigenvalue weighted by molar-refractivity contribution is 7.92. The zero-order valence-corrected chi connectivity index (χ0v) is 19.0. The zero-order valence-electron chi connectivity index (χ0n) is 18.2. The van der Waals surface area contributed by atoms with Crippen LogP contribution in [-0.2, 0) is 21.3 Å². The fourth-order valence-corrected chi connectivity index (χ4v) is 4.60. The van der Waals surface area contributed by atoms with Gasteiger partial charge in [0.05, 0.1) is 27.6 Å². The Balaban J connectivity index is 1.49. The predicted molar refractivity (Wildman–Crippen MR) is 127 cm³/mol. The molecule has 0 aromatic heterocycles. The van der Waals surface area contributed by atoms with Crippen LogP contribution >= 0.6 is 0 Å². The van der Waals surface area contributed by atoms with Gasteiger partial charge in [-0.1, -0.05) is 30.3 Å². The molecule has 12 heteroatoms. The Labute approximate surface area is 200 Å². The van der Waals surface area contributed by atoms with Crippen molar-refractivity contribution in [3.63, 3.8) is 0 Å². The van der Waals surface area contributed by atoms with E-state index in [-0.39, 0.29) is 28.4 Å². The Morgan fingerprint density at radius 1 is 1.06 bits per heavy atom. The highest BCUT2D eigenvalue weighted by Gasteiger charge is 2.24. The lowest BCUT2D eigenvalue weighted by Crippen LogP contribution is -2.26. The Kier molecular flexibility index (Phi) is 6.64. The average molecular weight is 497 g/mol. The molecule has 3 aromatic rings. The SMILES string of the molecule is O=C(NCc1cccc(N2CCOC2=O)c1)c1ccccc1NS(=O)(=O)c1cccc([N+](=O)[O-])c1. The molecule has 35 heavy (non-hydrogen) atoms. The molecular formula is C23H20N4O7S. The molecule has 1 saturated heterocycles. The summed E-state index contributed by atoms with van der Waals surface area (Å²) in [5, 5.41) is 13.7. The lowest BCUT2D eigenvalue weighted by atomic mass is 10.1.